The zero-order chi connectivity index (χ0) is 14.3. The van der Waals surface area contributed by atoms with E-state index >= 15 is 0 Å². The highest BCUT2D eigenvalue weighted by Gasteiger charge is 2.16. The Bertz CT molecular complexity index is 384. The van der Waals surface area contributed by atoms with Gasteiger partial charge in [0.25, 0.3) is 0 Å². The Kier molecular flexibility index (Phi) is 5.83. The number of hydrogen-bond donors (Lipinski definition) is 0. The van der Waals surface area contributed by atoms with Gasteiger partial charge >= 0.3 is 5.97 Å². The van der Waals surface area contributed by atoms with Crippen LogP contribution in [0.3, 0.4) is 0 Å². The summed E-state index contributed by atoms with van der Waals surface area (Å²) in [7, 11) is 2.01. The molecular weight excluding hydrogens is 242 g/mol. The molecule has 0 fully saturated rings. The number of carbonyl (C=O) groups excluding carboxylic acids is 1. The zero-order valence-electron chi connectivity index (χ0n) is 12.2. The van der Waals surface area contributed by atoms with Gasteiger partial charge in [0.05, 0.1) is 0 Å². The number of ether oxygens (including phenoxy) is 2. The first-order chi connectivity index (χ1) is 8.89. The summed E-state index contributed by atoms with van der Waals surface area (Å²) in [5.74, 6) is 0.331. The maximum atomic E-state index is 11.5. The molecule has 0 unspecified atom stereocenters. The maximum absolute atomic E-state index is 11.5. The average Bonchev–Trinajstić information content (AvgIpc) is 2.36. The van der Waals surface area contributed by atoms with Crippen LogP contribution in [-0.4, -0.2) is 43.2 Å². The molecule has 4 heteroatoms. The van der Waals surface area contributed by atoms with Gasteiger partial charge in [0.1, 0.15) is 12.4 Å². The summed E-state index contributed by atoms with van der Waals surface area (Å²) >= 11 is 0. The predicted octanol–water partition coefficient (Wildman–Crippen LogP) is 2.34. The van der Waals surface area contributed by atoms with Gasteiger partial charge in [-0.1, -0.05) is 18.2 Å². The van der Waals surface area contributed by atoms with Crippen molar-refractivity contribution in [2.75, 3.05) is 26.8 Å². The van der Waals surface area contributed by atoms with E-state index in [1.165, 1.54) is 0 Å². The largest absolute Gasteiger partial charge is 0.482 e. The SMILES string of the molecule is CN(CCOC(=O)COc1ccccc1)C(C)(C)C. The van der Waals surface area contributed by atoms with Crippen molar-refractivity contribution >= 4 is 5.97 Å². The number of hydrogen-bond acceptors (Lipinski definition) is 4. The number of rotatable bonds is 6. The maximum Gasteiger partial charge on any atom is 0.344 e. The van der Waals surface area contributed by atoms with Gasteiger partial charge < -0.3 is 9.47 Å². The molecule has 0 aliphatic heterocycles. The van der Waals surface area contributed by atoms with E-state index in [0.717, 1.165) is 0 Å². The van der Waals surface area contributed by atoms with Crippen LogP contribution in [-0.2, 0) is 9.53 Å². The Hall–Kier alpha value is -1.55. The topological polar surface area (TPSA) is 38.8 Å². The van der Waals surface area contributed by atoms with Crippen LogP contribution in [0.15, 0.2) is 30.3 Å². The molecular formula is C15H23NO3. The van der Waals surface area contributed by atoms with E-state index in [0.29, 0.717) is 18.9 Å². The predicted molar refractivity (Wildman–Crippen MR) is 75.3 cm³/mol. The first-order valence-corrected chi connectivity index (χ1v) is 6.44. The summed E-state index contributed by atoms with van der Waals surface area (Å²) in [5, 5.41) is 0. The molecule has 0 spiro atoms. The van der Waals surface area contributed by atoms with Crippen LogP contribution in [0.5, 0.6) is 5.75 Å². The van der Waals surface area contributed by atoms with Crippen molar-refractivity contribution in [3.63, 3.8) is 0 Å². The summed E-state index contributed by atoms with van der Waals surface area (Å²) < 4.78 is 10.4. The standard InChI is InChI=1S/C15H23NO3/c1-15(2,3)16(4)10-11-18-14(17)12-19-13-8-6-5-7-9-13/h5-9H,10-12H2,1-4H3. The monoisotopic (exact) mass is 265 g/mol. The molecule has 0 radical (unpaired) electrons. The van der Waals surface area contributed by atoms with Crippen molar-refractivity contribution in [2.24, 2.45) is 0 Å². The number of nitrogens with zero attached hydrogens (tertiary/aromatic N) is 1. The van der Waals surface area contributed by atoms with Gasteiger partial charge in [-0.2, -0.15) is 0 Å². The van der Waals surface area contributed by atoms with E-state index < -0.39 is 0 Å². The lowest BCUT2D eigenvalue weighted by molar-refractivity contribution is -0.146. The number of para-hydroxylation sites is 1. The molecule has 106 valence electrons. The minimum Gasteiger partial charge on any atom is -0.482 e. The first-order valence-electron chi connectivity index (χ1n) is 6.44. The molecule has 1 aromatic rings. The van der Waals surface area contributed by atoms with Crippen LogP contribution >= 0.6 is 0 Å². The van der Waals surface area contributed by atoms with Gasteiger partial charge in [-0.15, -0.1) is 0 Å². The second-order valence-electron chi connectivity index (χ2n) is 5.41. The van der Waals surface area contributed by atoms with Gasteiger partial charge in [-0.25, -0.2) is 4.79 Å². The number of esters is 1. The van der Waals surface area contributed by atoms with E-state index in [1.807, 2.05) is 25.2 Å². The van der Waals surface area contributed by atoms with Crippen LogP contribution < -0.4 is 4.74 Å². The lowest BCUT2D eigenvalue weighted by Gasteiger charge is -2.31. The molecule has 0 heterocycles. The van der Waals surface area contributed by atoms with Crippen molar-refractivity contribution in [3.8, 4) is 5.75 Å². The first kappa shape index (κ1) is 15.5. The Labute approximate surface area is 115 Å². The van der Waals surface area contributed by atoms with Gasteiger partial charge in [0, 0.05) is 12.1 Å². The molecule has 0 aliphatic carbocycles. The van der Waals surface area contributed by atoms with Crippen LogP contribution in [0.1, 0.15) is 20.8 Å². The highest BCUT2D eigenvalue weighted by atomic mass is 16.6. The molecule has 0 N–H and O–H groups in total. The van der Waals surface area contributed by atoms with Crippen molar-refractivity contribution in [1.82, 2.24) is 4.90 Å². The quantitative estimate of drug-likeness (QED) is 0.740. The van der Waals surface area contributed by atoms with Crippen LogP contribution in [0.2, 0.25) is 0 Å². The summed E-state index contributed by atoms with van der Waals surface area (Å²) in [6, 6.07) is 9.23. The minimum atomic E-state index is -0.342. The van der Waals surface area contributed by atoms with E-state index in [-0.39, 0.29) is 18.1 Å². The second-order valence-corrected chi connectivity index (χ2v) is 5.41. The molecule has 0 saturated carbocycles. The highest BCUT2D eigenvalue weighted by Crippen LogP contribution is 2.10. The van der Waals surface area contributed by atoms with Gasteiger partial charge in [0.2, 0.25) is 0 Å². The molecule has 0 aromatic heterocycles. The van der Waals surface area contributed by atoms with Crippen molar-refractivity contribution in [2.45, 2.75) is 26.3 Å². The summed E-state index contributed by atoms with van der Waals surface area (Å²) in [6.07, 6.45) is 0. The van der Waals surface area contributed by atoms with Crippen LogP contribution in [0.4, 0.5) is 0 Å². The fourth-order valence-corrected chi connectivity index (χ4v) is 1.33. The lowest BCUT2D eigenvalue weighted by Crippen LogP contribution is -2.40. The van der Waals surface area contributed by atoms with E-state index in [4.69, 9.17) is 9.47 Å². The highest BCUT2D eigenvalue weighted by molar-refractivity contribution is 5.71. The van der Waals surface area contributed by atoms with Crippen LogP contribution in [0, 0.1) is 0 Å². The molecule has 0 atom stereocenters. The Balaban J connectivity index is 2.19. The van der Waals surface area contributed by atoms with E-state index in [1.54, 1.807) is 12.1 Å². The van der Waals surface area contributed by atoms with Gasteiger partial charge in [-0.05, 0) is 40.0 Å². The molecule has 19 heavy (non-hydrogen) atoms. The summed E-state index contributed by atoms with van der Waals surface area (Å²) in [5.41, 5.74) is 0.0763. The fourth-order valence-electron chi connectivity index (χ4n) is 1.33. The van der Waals surface area contributed by atoms with Gasteiger partial charge in [-0.3, -0.25) is 4.90 Å². The third-order valence-corrected chi connectivity index (χ3v) is 2.93. The van der Waals surface area contributed by atoms with Gasteiger partial charge in [0.15, 0.2) is 6.61 Å². The Morgan fingerprint density at radius 1 is 1.21 bits per heavy atom. The van der Waals surface area contributed by atoms with E-state index in [9.17, 15) is 4.79 Å². The third kappa shape index (κ3) is 6.25. The van der Waals surface area contributed by atoms with Crippen molar-refractivity contribution in [3.05, 3.63) is 30.3 Å². The molecule has 0 aliphatic rings. The normalized spacial score (nSPS) is 11.4. The van der Waals surface area contributed by atoms with Crippen LogP contribution in [0.25, 0.3) is 0 Å². The minimum absolute atomic E-state index is 0.0523. The molecule has 0 saturated heterocycles. The average molecular weight is 265 g/mol. The number of likely N-dealkylation sites (N-methyl/N-ethyl adjacent to an activating group) is 1. The molecule has 1 rings (SSSR count). The number of carbonyl (C=O) groups is 1. The molecule has 0 bridgehead atoms. The third-order valence-electron chi connectivity index (χ3n) is 2.93. The fraction of sp³-hybridized carbons (Fsp3) is 0.533. The zero-order valence-corrected chi connectivity index (χ0v) is 12.2. The summed E-state index contributed by atoms with van der Waals surface area (Å²) in [6.45, 7) is 7.39. The van der Waals surface area contributed by atoms with Crippen molar-refractivity contribution in [1.29, 1.82) is 0 Å². The lowest BCUT2D eigenvalue weighted by atomic mass is 10.1. The smallest absolute Gasteiger partial charge is 0.344 e. The number of benzene rings is 1. The second kappa shape index (κ2) is 7.14. The Morgan fingerprint density at radius 2 is 1.84 bits per heavy atom. The molecule has 0 amide bonds. The summed E-state index contributed by atoms with van der Waals surface area (Å²) in [4.78, 5) is 13.6. The molecule has 1 aromatic carbocycles. The van der Waals surface area contributed by atoms with Crippen molar-refractivity contribution < 1.29 is 14.3 Å². The Morgan fingerprint density at radius 3 is 2.42 bits per heavy atom. The molecule has 4 nitrogen and oxygen atoms in total. The van der Waals surface area contributed by atoms with E-state index in [2.05, 4.69) is 25.7 Å².